The van der Waals surface area contributed by atoms with Crippen LogP contribution in [0.15, 0.2) is 34.8 Å². The summed E-state index contributed by atoms with van der Waals surface area (Å²) in [6.45, 7) is 1.86. The highest BCUT2D eigenvalue weighted by atomic mass is 79.9. The Bertz CT molecular complexity index is 873. The highest BCUT2D eigenvalue weighted by Crippen LogP contribution is 2.37. The predicted octanol–water partition coefficient (Wildman–Crippen LogP) is 2.98. The van der Waals surface area contributed by atoms with E-state index in [1.165, 1.54) is 6.07 Å². The van der Waals surface area contributed by atoms with Crippen molar-refractivity contribution in [2.75, 3.05) is 12.3 Å². The molecule has 2 aromatic rings. The van der Waals surface area contributed by atoms with Crippen LogP contribution in [0.3, 0.4) is 0 Å². The van der Waals surface area contributed by atoms with E-state index in [4.69, 9.17) is 10.5 Å². The molecule has 0 radical (unpaired) electrons. The van der Waals surface area contributed by atoms with Crippen LogP contribution < -0.4 is 5.73 Å². The number of benzene rings is 2. The lowest BCUT2D eigenvalue weighted by Gasteiger charge is -2.21. The van der Waals surface area contributed by atoms with Crippen LogP contribution in [-0.2, 0) is 4.74 Å². The molecule has 0 saturated heterocycles. The first kappa shape index (κ1) is 15.4. The summed E-state index contributed by atoms with van der Waals surface area (Å²) in [5.41, 5.74) is 6.89. The van der Waals surface area contributed by atoms with E-state index in [0.717, 1.165) is 0 Å². The number of anilines is 1. The first-order valence-corrected chi connectivity index (χ1v) is 7.74. The van der Waals surface area contributed by atoms with Gasteiger partial charge < -0.3 is 10.5 Å². The lowest BCUT2D eigenvalue weighted by molar-refractivity contribution is 0.0527. The van der Waals surface area contributed by atoms with Crippen LogP contribution in [0.2, 0.25) is 0 Å². The Balaban J connectivity index is 2.29. The molecule has 3 rings (SSSR count). The molecule has 0 aromatic heterocycles. The topological polar surface area (TPSA) is 86.5 Å². The maximum atomic E-state index is 12.8. The Hall–Kier alpha value is -2.47. The van der Waals surface area contributed by atoms with Gasteiger partial charge in [0.25, 0.3) is 0 Å². The fourth-order valence-corrected chi connectivity index (χ4v) is 3.26. The standard InChI is InChI=1S/C17H12BrNO4/c1-2-23-17(22)10-7-11(18)12-13(14(10)19)16(21)9-6-4-3-5-8(9)15(12)20/h3-7H,2,19H2,1H3. The predicted molar refractivity (Wildman–Crippen MR) is 87.8 cm³/mol. The summed E-state index contributed by atoms with van der Waals surface area (Å²) in [5.74, 6) is -1.31. The van der Waals surface area contributed by atoms with E-state index in [1.807, 2.05) is 0 Å². The molecule has 5 nitrogen and oxygen atoms in total. The number of rotatable bonds is 2. The van der Waals surface area contributed by atoms with Crippen LogP contribution in [0.25, 0.3) is 0 Å². The number of halogens is 1. The van der Waals surface area contributed by atoms with Crippen molar-refractivity contribution in [1.29, 1.82) is 0 Å². The molecule has 0 amide bonds. The lowest BCUT2D eigenvalue weighted by atomic mass is 9.82. The maximum absolute atomic E-state index is 12.8. The minimum atomic E-state index is -0.632. The summed E-state index contributed by atoms with van der Waals surface area (Å²) >= 11 is 3.27. The van der Waals surface area contributed by atoms with Gasteiger partial charge in [-0.05, 0) is 28.9 Å². The largest absolute Gasteiger partial charge is 0.462 e. The molecule has 0 saturated carbocycles. The van der Waals surface area contributed by atoms with Crippen LogP contribution in [0.1, 0.15) is 49.1 Å². The zero-order chi connectivity index (χ0) is 16.7. The summed E-state index contributed by atoms with van der Waals surface area (Å²) in [6.07, 6.45) is 0. The van der Waals surface area contributed by atoms with Crippen molar-refractivity contribution in [3.05, 3.63) is 62.6 Å². The molecule has 2 aromatic carbocycles. The van der Waals surface area contributed by atoms with E-state index in [1.54, 1.807) is 31.2 Å². The zero-order valence-electron chi connectivity index (χ0n) is 12.2. The zero-order valence-corrected chi connectivity index (χ0v) is 13.8. The van der Waals surface area contributed by atoms with Gasteiger partial charge in [0, 0.05) is 15.6 Å². The number of carbonyl (C=O) groups excluding carboxylic acids is 3. The minimum absolute atomic E-state index is 0.0329. The van der Waals surface area contributed by atoms with Crippen molar-refractivity contribution < 1.29 is 19.1 Å². The molecule has 116 valence electrons. The number of fused-ring (bicyclic) bond motifs is 2. The first-order valence-electron chi connectivity index (χ1n) is 6.94. The van der Waals surface area contributed by atoms with Crippen LogP contribution in [0.4, 0.5) is 5.69 Å². The number of carbonyl (C=O) groups is 3. The van der Waals surface area contributed by atoms with Gasteiger partial charge in [-0.25, -0.2) is 4.79 Å². The number of nitrogens with two attached hydrogens (primary N) is 1. The van der Waals surface area contributed by atoms with E-state index in [2.05, 4.69) is 15.9 Å². The minimum Gasteiger partial charge on any atom is -0.462 e. The van der Waals surface area contributed by atoms with Crippen molar-refractivity contribution in [2.45, 2.75) is 6.92 Å². The Kier molecular flexibility index (Phi) is 3.77. The van der Waals surface area contributed by atoms with Crippen LogP contribution >= 0.6 is 15.9 Å². The van der Waals surface area contributed by atoms with Gasteiger partial charge in [-0.1, -0.05) is 24.3 Å². The van der Waals surface area contributed by atoms with Crippen molar-refractivity contribution in [3.8, 4) is 0 Å². The summed E-state index contributed by atoms with van der Waals surface area (Å²) in [4.78, 5) is 37.5. The van der Waals surface area contributed by atoms with Gasteiger partial charge in [-0.2, -0.15) is 0 Å². The van der Waals surface area contributed by atoms with Gasteiger partial charge in [-0.15, -0.1) is 0 Å². The molecular weight excluding hydrogens is 362 g/mol. The van der Waals surface area contributed by atoms with Gasteiger partial charge in [-0.3, -0.25) is 9.59 Å². The molecule has 0 aliphatic heterocycles. The molecule has 2 N–H and O–H groups in total. The smallest absolute Gasteiger partial charge is 0.340 e. The number of esters is 1. The molecule has 0 atom stereocenters. The third-order valence-corrected chi connectivity index (χ3v) is 4.31. The quantitative estimate of drug-likeness (QED) is 0.551. The van der Waals surface area contributed by atoms with Gasteiger partial charge >= 0.3 is 5.97 Å². The van der Waals surface area contributed by atoms with Crippen molar-refractivity contribution in [1.82, 2.24) is 0 Å². The Morgan fingerprint density at radius 1 is 1.13 bits per heavy atom. The SMILES string of the molecule is CCOC(=O)c1cc(Br)c2c(c1N)C(=O)c1ccccc1C2=O. The van der Waals surface area contributed by atoms with E-state index < -0.39 is 5.97 Å². The number of ketones is 2. The monoisotopic (exact) mass is 373 g/mol. The third-order valence-electron chi connectivity index (χ3n) is 3.69. The number of hydrogen-bond acceptors (Lipinski definition) is 5. The van der Waals surface area contributed by atoms with E-state index in [9.17, 15) is 14.4 Å². The van der Waals surface area contributed by atoms with Gasteiger partial charge in [0.1, 0.15) is 0 Å². The van der Waals surface area contributed by atoms with Crippen LogP contribution in [0, 0.1) is 0 Å². The molecule has 6 heteroatoms. The Morgan fingerprint density at radius 3 is 2.26 bits per heavy atom. The lowest BCUT2D eigenvalue weighted by Crippen LogP contribution is -2.24. The molecule has 1 aliphatic rings. The molecule has 0 heterocycles. The molecule has 0 spiro atoms. The summed E-state index contributed by atoms with van der Waals surface area (Å²) in [7, 11) is 0. The second-order valence-electron chi connectivity index (χ2n) is 4.99. The second-order valence-corrected chi connectivity index (χ2v) is 5.85. The highest BCUT2D eigenvalue weighted by molar-refractivity contribution is 9.10. The van der Waals surface area contributed by atoms with Gasteiger partial charge in [0.15, 0.2) is 11.6 Å². The summed E-state index contributed by atoms with van der Waals surface area (Å²) < 4.78 is 5.30. The molecule has 0 unspecified atom stereocenters. The Labute approximate surface area is 140 Å². The maximum Gasteiger partial charge on any atom is 0.340 e. The first-order chi connectivity index (χ1) is 11.0. The van der Waals surface area contributed by atoms with Crippen molar-refractivity contribution in [2.24, 2.45) is 0 Å². The number of hydrogen-bond donors (Lipinski definition) is 1. The molecule has 1 aliphatic carbocycles. The second kappa shape index (κ2) is 5.62. The van der Waals surface area contributed by atoms with Gasteiger partial charge in [0.2, 0.25) is 0 Å². The molecule has 0 fully saturated rings. The fraction of sp³-hybridized carbons (Fsp3) is 0.118. The fourth-order valence-electron chi connectivity index (χ4n) is 2.65. The highest BCUT2D eigenvalue weighted by Gasteiger charge is 2.35. The normalized spacial score (nSPS) is 12.6. The molecule has 23 heavy (non-hydrogen) atoms. The van der Waals surface area contributed by atoms with Gasteiger partial charge in [0.05, 0.1) is 29.0 Å². The van der Waals surface area contributed by atoms with E-state index in [0.29, 0.717) is 10.0 Å². The molecular formula is C17H12BrNO4. The van der Waals surface area contributed by atoms with E-state index >= 15 is 0 Å². The Morgan fingerprint density at radius 2 is 1.70 bits per heavy atom. The number of nitrogen functional groups attached to an aromatic ring is 1. The van der Waals surface area contributed by atoms with E-state index in [-0.39, 0.29) is 46.1 Å². The van der Waals surface area contributed by atoms with Crippen LogP contribution in [-0.4, -0.2) is 24.1 Å². The average molecular weight is 374 g/mol. The summed E-state index contributed by atoms with van der Waals surface area (Å²) in [6, 6.07) is 7.96. The molecule has 0 bridgehead atoms. The van der Waals surface area contributed by atoms with Crippen molar-refractivity contribution in [3.63, 3.8) is 0 Å². The third kappa shape index (κ3) is 2.26. The van der Waals surface area contributed by atoms with Crippen molar-refractivity contribution >= 4 is 39.2 Å². The average Bonchev–Trinajstić information content (AvgIpc) is 2.54. The summed E-state index contributed by atoms with van der Waals surface area (Å²) in [5, 5.41) is 0. The van der Waals surface area contributed by atoms with Crippen LogP contribution in [0.5, 0.6) is 0 Å². The number of ether oxygens (including phenoxy) is 1.